The monoisotopic (exact) mass is 470 g/mol. The average Bonchev–Trinajstić information content (AvgIpc) is 3.51. The Morgan fingerprint density at radius 3 is 1.91 bits per heavy atom. The average molecular weight is 471 g/mol. The molecule has 0 bridgehead atoms. The summed E-state index contributed by atoms with van der Waals surface area (Å²) in [4.78, 5) is 0. The van der Waals surface area contributed by atoms with Crippen LogP contribution >= 0.6 is 0 Å². The van der Waals surface area contributed by atoms with E-state index in [-0.39, 0.29) is 17.4 Å². The number of ether oxygens (including phenoxy) is 4. The molecule has 6 heteroatoms. The number of allylic oxidation sites excluding steroid dienone is 1. The first-order chi connectivity index (χ1) is 16.5. The molecule has 2 saturated heterocycles. The lowest BCUT2D eigenvalue weighted by molar-refractivity contribution is -0.178. The summed E-state index contributed by atoms with van der Waals surface area (Å²) in [5, 5.41) is 0. The normalized spacial score (nSPS) is 23.5. The maximum Gasteiger partial charge on any atom is 0.172 e. The minimum Gasteiger partial charge on any atom is -0.348 e. The Morgan fingerprint density at radius 2 is 1.32 bits per heavy atom. The summed E-state index contributed by atoms with van der Waals surface area (Å²) in [6.45, 7) is 2.79. The highest BCUT2D eigenvalue weighted by molar-refractivity contribution is 5.66. The second-order valence-electron chi connectivity index (χ2n) is 9.49. The van der Waals surface area contributed by atoms with Crippen molar-refractivity contribution in [3.05, 3.63) is 77.4 Å². The van der Waals surface area contributed by atoms with Crippen LogP contribution in [0.3, 0.4) is 0 Å². The van der Waals surface area contributed by atoms with E-state index in [2.05, 4.69) is 6.08 Å². The quantitative estimate of drug-likeness (QED) is 0.512. The van der Waals surface area contributed by atoms with Gasteiger partial charge in [0.15, 0.2) is 11.6 Å². The van der Waals surface area contributed by atoms with Gasteiger partial charge in [-0.05, 0) is 66.1 Å². The van der Waals surface area contributed by atoms with Crippen molar-refractivity contribution in [3.63, 3.8) is 0 Å². The maximum absolute atomic E-state index is 13.2. The van der Waals surface area contributed by atoms with Crippen LogP contribution in [0.2, 0.25) is 0 Å². The fourth-order valence-electron chi connectivity index (χ4n) is 5.45. The van der Waals surface area contributed by atoms with Crippen molar-refractivity contribution >= 4 is 5.57 Å². The van der Waals surface area contributed by atoms with Crippen molar-refractivity contribution < 1.29 is 27.7 Å². The van der Waals surface area contributed by atoms with Gasteiger partial charge in [-0.2, -0.15) is 0 Å². The molecule has 0 unspecified atom stereocenters. The molecule has 34 heavy (non-hydrogen) atoms. The number of rotatable bonds is 2. The zero-order valence-electron chi connectivity index (χ0n) is 19.4. The number of benzene rings is 2. The molecule has 2 aromatic carbocycles. The van der Waals surface area contributed by atoms with Crippen LogP contribution in [0.1, 0.15) is 62.0 Å². The lowest BCUT2D eigenvalue weighted by atomic mass is 9.81. The third-order valence-corrected chi connectivity index (χ3v) is 7.32. The molecular formula is C28H32F2O4. The van der Waals surface area contributed by atoms with Gasteiger partial charge in [0.2, 0.25) is 0 Å². The van der Waals surface area contributed by atoms with Gasteiger partial charge in [0.05, 0.1) is 26.4 Å². The van der Waals surface area contributed by atoms with Gasteiger partial charge >= 0.3 is 0 Å². The standard InChI is InChI=1S/C14H17FO2.C14H15FO2/c2*15-13-3-1-2-12(10-13)11-4-6-14(7-5-11)16-8-9-17-14/h1-3,10-11H,4-9H2;1-4,10H,5-9H2. The topological polar surface area (TPSA) is 36.9 Å². The van der Waals surface area contributed by atoms with Crippen molar-refractivity contribution in [2.24, 2.45) is 0 Å². The second-order valence-corrected chi connectivity index (χ2v) is 9.49. The van der Waals surface area contributed by atoms with Gasteiger partial charge in [0.25, 0.3) is 0 Å². The molecule has 0 aromatic heterocycles. The largest absolute Gasteiger partial charge is 0.348 e. The lowest BCUT2D eigenvalue weighted by Crippen LogP contribution is -2.34. The zero-order valence-corrected chi connectivity index (χ0v) is 19.4. The minimum atomic E-state index is -0.392. The van der Waals surface area contributed by atoms with E-state index < -0.39 is 5.79 Å². The third kappa shape index (κ3) is 5.41. The van der Waals surface area contributed by atoms with Gasteiger partial charge in [0.1, 0.15) is 11.6 Å². The zero-order chi connectivity index (χ0) is 23.4. The van der Waals surface area contributed by atoms with Crippen LogP contribution in [-0.4, -0.2) is 38.0 Å². The Bertz CT molecular complexity index is 999. The summed E-state index contributed by atoms with van der Waals surface area (Å²) >= 11 is 0. The Kier molecular flexibility index (Phi) is 7.11. The molecule has 2 aliphatic carbocycles. The van der Waals surface area contributed by atoms with E-state index in [0.29, 0.717) is 32.3 Å². The van der Waals surface area contributed by atoms with Gasteiger partial charge in [-0.15, -0.1) is 0 Å². The predicted octanol–water partition coefficient (Wildman–Crippen LogP) is 6.36. The van der Waals surface area contributed by atoms with E-state index in [1.54, 1.807) is 24.3 Å². The Labute approximate surface area is 199 Å². The van der Waals surface area contributed by atoms with Gasteiger partial charge < -0.3 is 18.9 Å². The maximum atomic E-state index is 13.2. The molecule has 0 N–H and O–H groups in total. The molecule has 4 nitrogen and oxygen atoms in total. The van der Waals surface area contributed by atoms with Crippen molar-refractivity contribution in [1.82, 2.24) is 0 Å². The van der Waals surface area contributed by atoms with Crippen LogP contribution in [-0.2, 0) is 18.9 Å². The molecule has 2 heterocycles. The highest BCUT2D eigenvalue weighted by Crippen LogP contribution is 2.42. The molecule has 0 radical (unpaired) electrons. The molecule has 1 saturated carbocycles. The van der Waals surface area contributed by atoms with Gasteiger partial charge in [-0.3, -0.25) is 0 Å². The molecule has 0 atom stereocenters. The first kappa shape index (κ1) is 23.6. The van der Waals surface area contributed by atoms with Crippen molar-refractivity contribution in [1.29, 1.82) is 0 Å². The van der Waals surface area contributed by atoms with E-state index in [0.717, 1.165) is 56.1 Å². The van der Waals surface area contributed by atoms with Crippen molar-refractivity contribution in [3.8, 4) is 0 Å². The molecule has 3 fully saturated rings. The van der Waals surface area contributed by atoms with Crippen LogP contribution in [0.25, 0.3) is 5.57 Å². The Balaban J connectivity index is 0.000000142. The highest BCUT2D eigenvalue weighted by Gasteiger charge is 2.40. The van der Waals surface area contributed by atoms with E-state index in [1.165, 1.54) is 17.7 Å². The van der Waals surface area contributed by atoms with E-state index >= 15 is 0 Å². The molecule has 182 valence electrons. The van der Waals surface area contributed by atoms with Crippen LogP contribution in [0.5, 0.6) is 0 Å². The summed E-state index contributed by atoms with van der Waals surface area (Å²) in [6.07, 6.45) is 8.50. The van der Waals surface area contributed by atoms with Gasteiger partial charge in [-0.1, -0.05) is 30.3 Å². The molecular weight excluding hydrogens is 438 g/mol. The fraction of sp³-hybridized carbons (Fsp3) is 0.500. The first-order valence-electron chi connectivity index (χ1n) is 12.3. The van der Waals surface area contributed by atoms with Crippen LogP contribution < -0.4 is 0 Å². The van der Waals surface area contributed by atoms with Crippen LogP contribution in [0.4, 0.5) is 8.78 Å². The summed E-state index contributed by atoms with van der Waals surface area (Å²) in [5.41, 5.74) is 3.27. The molecule has 2 aliphatic heterocycles. The fourth-order valence-corrected chi connectivity index (χ4v) is 5.45. The van der Waals surface area contributed by atoms with E-state index in [1.807, 2.05) is 12.1 Å². The molecule has 4 aliphatic rings. The smallest absolute Gasteiger partial charge is 0.172 e. The van der Waals surface area contributed by atoms with E-state index in [4.69, 9.17) is 18.9 Å². The van der Waals surface area contributed by atoms with Crippen molar-refractivity contribution in [2.45, 2.75) is 62.4 Å². The van der Waals surface area contributed by atoms with Crippen molar-refractivity contribution in [2.75, 3.05) is 26.4 Å². The molecule has 0 amide bonds. The molecule has 2 aromatic rings. The summed E-state index contributed by atoms with van der Waals surface area (Å²) in [5.74, 6) is -0.585. The first-order valence-corrected chi connectivity index (χ1v) is 12.3. The second kappa shape index (κ2) is 10.2. The van der Waals surface area contributed by atoms with Gasteiger partial charge in [-0.25, -0.2) is 8.78 Å². The predicted molar refractivity (Wildman–Crippen MR) is 125 cm³/mol. The Morgan fingerprint density at radius 1 is 0.706 bits per heavy atom. The number of hydrogen-bond acceptors (Lipinski definition) is 4. The highest BCUT2D eigenvalue weighted by atomic mass is 19.1. The van der Waals surface area contributed by atoms with E-state index in [9.17, 15) is 8.78 Å². The SMILES string of the molecule is Fc1cccc(C2=CCC3(CC2)OCCO3)c1.Fc1cccc(C2CCC3(CC2)OCCO3)c1. The third-order valence-electron chi connectivity index (χ3n) is 7.32. The molecule has 6 rings (SSSR count). The number of halogens is 2. The van der Waals surface area contributed by atoms with Crippen LogP contribution in [0.15, 0.2) is 54.6 Å². The summed E-state index contributed by atoms with van der Waals surface area (Å²) in [7, 11) is 0. The Hall–Kier alpha value is -2.12. The molecule has 2 spiro atoms. The summed E-state index contributed by atoms with van der Waals surface area (Å²) < 4.78 is 49.0. The lowest BCUT2D eigenvalue weighted by Gasteiger charge is -2.35. The number of hydrogen-bond donors (Lipinski definition) is 0. The van der Waals surface area contributed by atoms with Gasteiger partial charge in [0, 0.05) is 25.7 Å². The summed E-state index contributed by atoms with van der Waals surface area (Å²) in [6, 6.07) is 13.7. The van der Waals surface area contributed by atoms with Crippen LogP contribution in [0, 0.1) is 11.6 Å². The minimum absolute atomic E-state index is 0.142.